The first-order valence-corrected chi connectivity index (χ1v) is 10.0. The molecule has 3 N–H and O–H groups in total. The minimum atomic E-state index is -3.91. The summed E-state index contributed by atoms with van der Waals surface area (Å²) < 4.78 is 32.1. The molecular formula is C17H24N2O6S. The van der Waals surface area contributed by atoms with Gasteiger partial charge in [0.05, 0.1) is 18.1 Å². The smallest absolute Gasteiger partial charge is 0.305 e. The van der Waals surface area contributed by atoms with Crippen molar-refractivity contribution in [2.75, 3.05) is 10.5 Å². The Labute approximate surface area is 153 Å². The summed E-state index contributed by atoms with van der Waals surface area (Å²) in [6, 6.07) is 6.36. The third kappa shape index (κ3) is 5.91. The van der Waals surface area contributed by atoms with Crippen molar-refractivity contribution in [3.63, 3.8) is 0 Å². The fraction of sp³-hybridized carbons (Fsp3) is 0.529. The van der Waals surface area contributed by atoms with E-state index >= 15 is 0 Å². The summed E-state index contributed by atoms with van der Waals surface area (Å²) in [6.45, 7) is 3.77. The van der Waals surface area contributed by atoms with Crippen LogP contribution in [0, 0.1) is 0 Å². The first-order chi connectivity index (χ1) is 12.1. The number of anilines is 1. The lowest BCUT2D eigenvalue weighted by Crippen LogP contribution is -2.56. The second-order valence-electron chi connectivity index (χ2n) is 6.80. The maximum atomic E-state index is 12.2. The van der Waals surface area contributed by atoms with Crippen LogP contribution in [0.1, 0.15) is 39.5 Å². The highest BCUT2D eigenvalue weighted by Gasteiger charge is 2.40. The van der Waals surface area contributed by atoms with Gasteiger partial charge in [-0.1, -0.05) is 0 Å². The van der Waals surface area contributed by atoms with Crippen molar-refractivity contribution in [1.29, 1.82) is 0 Å². The number of aliphatic carboxylic acids is 1. The second-order valence-corrected chi connectivity index (χ2v) is 8.53. The number of rotatable bonds is 9. The highest BCUT2D eigenvalue weighted by atomic mass is 32.2. The predicted octanol–water partition coefficient (Wildman–Crippen LogP) is 1.73. The molecule has 0 unspecified atom stereocenters. The van der Waals surface area contributed by atoms with Crippen molar-refractivity contribution in [2.24, 2.45) is 0 Å². The maximum absolute atomic E-state index is 12.2. The Hall–Kier alpha value is -2.29. The van der Waals surface area contributed by atoms with Gasteiger partial charge in [0.2, 0.25) is 15.9 Å². The molecule has 1 aliphatic rings. The summed E-state index contributed by atoms with van der Waals surface area (Å²) in [5.74, 6) is -1.88. The Kier molecular flexibility index (Phi) is 6.12. The first kappa shape index (κ1) is 20.0. The Balaban J connectivity index is 1.93. The summed E-state index contributed by atoms with van der Waals surface area (Å²) in [4.78, 5) is 23.0. The van der Waals surface area contributed by atoms with E-state index in [-0.39, 0.29) is 12.5 Å². The van der Waals surface area contributed by atoms with Gasteiger partial charge < -0.3 is 15.2 Å². The van der Waals surface area contributed by atoms with Crippen molar-refractivity contribution >= 4 is 27.6 Å². The highest BCUT2D eigenvalue weighted by molar-refractivity contribution is 7.93. The first-order valence-electron chi connectivity index (χ1n) is 8.39. The number of benzene rings is 1. The minimum absolute atomic E-state index is 0.00543. The van der Waals surface area contributed by atoms with Crippen molar-refractivity contribution in [3.8, 4) is 5.75 Å². The minimum Gasteiger partial charge on any atom is -0.491 e. The molecule has 1 aromatic rings. The number of carbonyl (C=O) groups excluding carboxylic acids is 1. The number of sulfonamides is 1. The predicted molar refractivity (Wildman–Crippen MR) is 96.6 cm³/mol. The molecule has 0 saturated heterocycles. The van der Waals surface area contributed by atoms with Crippen molar-refractivity contribution in [3.05, 3.63) is 24.3 Å². The van der Waals surface area contributed by atoms with E-state index in [0.29, 0.717) is 24.3 Å². The molecule has 9 heteroatoms. The molecule has 1 saturated carbocycles. The molecule has 0 aromatic heterocycles. The number of nitrogens with one attached hydrogen (secondary N) is 2. The third-order valence-electron chi connectivity index (χ3n) is 4.03. The number of carboxylic acids is 1. The molecule has 0 radical (unpaired) electrons. The topological polar surface area (TPSA) is 122 Å². The largest absolute Gasteiger partial charge is 0.491 e. The lowest BCUT2D eigenvalue weighted by Gasteiger charge is -2.41. The van der Waals surface area contributed by atoms with E-state index in [1.807, 2.05) is 13.8 Å². The SMILES string of the molecule is CC(C)Oc1ccc(NS(=O)(=O)CC(=O)NC2(CC(=O)O)CCC2)cc1. The number of carbonyl (C=O) groups is 2. The van der Waals surface area contributed by atoms with E-state index in [1.54, 1.807) is 24.3 Å². The van der Waals surface area contributed by atoms with Gasteiger partial charge in [-0.2, -0.15) is 0 Å². The number of hydrogen-bond donors (Lipinski definition) is 3. The number of hydrogen-bond acceptors (Lipinski definition) is 5. The van der Waals surface area contributed by atoms with E-state index in [2.05, 4.69) is 10.0 Å². The zero-order valence-corrected chi connectivity index (χ0v) is 15.6. The third-order valence-corrected chi connectivity index (χ3v) is 5.21. The molecular weight excluding hydrogens is 360 g/mol. The van der Waals surface area contributed by atoms with Gasteiger partial charge in [0.25, 0.3) is 0 Å². The van der Waals surface area contributed by atoms with Gasteiger partial charge in [-0.05, 0) is 57.4 Å². The van der Waals surface area contributed by atoms with E-state index < -0.39 is 33.2 Å². The quantitative estimate of drug-likeness (QED) is 0.596. The summed E-state index contributed by atoms with van der Waals surface area (Å²) >= 11 is 0. The van der Waals surface area contributed by atoms with Gasteiger partial charge in [0, 0.05) is 5.69 Å². The summed E-state index contributed by atoms with van der Waals surface area (Å²) in [5.41, 5.74) is -0.508. The summed E-state index contributed by atoms with van der Waals surface area (Å²) in [6.07, 6.45) is 1.68. The highest BCUT2D eigenvalue weighted by Crippen LogP contribution is 2.34. The number of carboxylic acid groups (broad SMARTS) is 1. The van der Waals surface area contributed by atoms with Gasteiger partial charge in [-0.3, -0.25) is 14.3 Å². The second kappa shape index (κ2) is 7.94. The maximum Gasteiger partial charge on any atom is 0.305 e. The van der Waals surface area contributed by atoms with E-state index in [0.717, 1.165) is 6.42 Å². The van der Waals surface area contributed by atoms with Gasteiger partial charge in [-0.15, -0.1) is 0 Å². The van der Waals surface area contributed by atoms with Gasteiger partial charge in [0.15, 0.2) is 0 Å². The van der Waals surface area contributed by atoms with Crippen LogP contribution in [-0.2, 0) is 19.6 Å². The molecule has 0 spiro atoms. The average molecular weight is 384 g/mol. The molecule has 0 aliphatic heterocycles. The van der Waals surface area contributed by atoms with Crippen LogP contribution in [0.15, 0.2) is 24.3 Å². The Bertz CT molecular complexity index is 754. The fourth-order valence-corrected chi connectivity index (χ4v) is 3.82. The van der Waals surface area contributed by atoms with Crippen molar-refractivity contribution < 1.29 is 27.9 Å². The fourth-order valence-electron chi connectivity index (χ4n) is 2.83. The van der Waals surface area contributed by atoms with Crippen LogP contribution in [0.4, 0.5) is 5.69 Å². The molecule has 1 amide bonds. The average Bonchev–Trinajstić information content (AvgIpc) is 2.45. The number of ether oxygens (including phenoxy) is 1. The standard InChI is InChI=1S/C17H24N2O6S/c1-12(2)25-14-6-4-13(5-7-14)19-26(23,24)11-15(20)18-17(8-3-9-17)10-16(21)22/h4-7,12,19H,3,8-11H2,1-2H3,(H,18,20)(H,21,22). The molecule has 0 bridgehead atoms. The van der Waals surface area contributed by atoms with Crippen molar-refractivity contribution in [1.82, 2.24) is 5.32 Å². The molecule has 1 fully saturated rings. The number of amides is 1. The lowest BCUT2D eigenvalue weighted by atomic mass is 9.74. The van der Waals surface area contributed by atoms with Crippen molar-refractivity contribution in [2.45, 2.75) is 51.2 Å². The Morgan fingerprint density at radius 2 is 1.85 bits per heavy atom. The molecule has 0 atom stereocenters. The summed E-state index contributed by atoms with van der Waals surface area (Å²) in [5, 5.41) is 11.5. The van der Waals surface area contributed by atoms with Crippen LogP contribution in [-0.4, -0.2) is 42.8 Å². The zero-order valence-electron chi connectivity index (χ0n) is 14.8. The zero-order chi connectivity index (χ0) is 19.4. The van der Waals surface area contributed by atoms with Gasteiger partial charge >= 0.3 is 5.97 Å². The van der Waals surface area contributed by atoms with E-state index in [4.69, 9.17) is 9.84 Å². The van der Waals surface area contributed by atoms with Gasteiger partial charge in [-0.25, -0.2) is 8.42 Å². The molecule has 1 aliphatic carbocycles. The Morgan fingerprint density at radius 1 is 1.23 bits per heavy atom. The Morgan fingerprint density at radius 3 is 2.31 bits per heavy atom. The van der Waals surface area contributed by atoms with Crippen LogP contribution in [0.3, 0.4) is 0 Å². The van der Waals surface area contributed by atoms with Crippen LogP contribution in [0.25, 0.3) is 0 Å². The van der Waals surface area contributed by atoms with Crippen LogP contribution < -0.4 is 14.8 Å². The molecule has 1 aromatic carbocycles. The molecule has 144 valence electrons. The molecule has 2 rings (SSSR count). The molecule has 8 nitrogen and oxygen atoms in total. The monoisotopic (exact) mass is 384 g/mol. The summed E-state index contributed by atoms with van der Waals surface area (Å²) in [7, 11) is -3.91. The van der Waals surface area contributed by atoms with Gasteiger partial charge in [0.1, 0.15) is 11.5 Å². The van der Waals surface area contributed by atoms with Crippen LogP contribution in [0.5, 0.6) is 5.75 Å². The van der Waals surface area contributed by atoms with Crippen LogP contribution >= 0.6 is 0 Å². The van der Waals surface area contributed by atoms with E-state index in [9.17, 15) is 18.0 Å². The van der Waals surface area contributed by atoms with E-state index in [1.165, 1.54) is 0 Å². The molecule has 26 heavy (non-hydrogen) atoms. The lowest BCUT2D eigenvalue weighted by molar-refractivity contribution is -0.140. The van der Waals surface area contributed by atoms with Crippen LogP contribution in [0.2, 0.25) is 0 Å². The molecule has 0 heterocycles. The normalized spacial score (nSPS) is 15.8.